The van der Waals surface area contributed by atoms with Crippen molar-refractivity contribution in [3.63, 3.8) is 0 Å². The number of ether oxygens (including phenoxy) is 2. The van der Waals surface area contributed by atoms with Gasteiger partial charge < -0.3 is 24.5 Å². The van der Waals surface area contributed by atoms with E-state index in [4.69, 9.17) is 9.47 Å². The van der Waals surface area contributed by atoms with E-state index in [1.165, 1.54) is 7.11 Å². The molecule has 0 atom stereocenters. The Hall–Kier alpha value is -4.17. The molecule has 0 fully saturated rings. The molecule has 2 aromatic heterocycles. The molecule has 0 bridgehead atoms. The molecule has 4 rings (SSSR count). The predicted molar refractivity (Wildman–Crippen MR) is 126 cm³/mol. The summed E-state index contributed by atoms with van der Waals surface area (Å²) in [6, 6.07) is 17.8. The van der Waals surface area contributed by atoms with E-state index in [-0.39, 0.29) is 18.4 Å². The van der Waals surface area contributed by atoms with Gasteiger partial charge in [0.15, 0.2) is 0 Å². The molecule has 0 unspecified atom stereocenters. The summed E-state index contributed by atoms with van der Waals surface area (Å²) in [5.41, 5.74) is 4.45. The Morgan fingerprint density at radius 2 is 1.76 bits per heavy atom. The van der Waals surface area contributed by atoms with E-state index < -0.39 is 0 Å². The molecule has 4 aromatic rings. The van der Waals surface area contributed by atoms with Crippen LogP contribution in [0, 0.1) is 6.92 Å². The number of fused-ring (bicyclic) bond motifs is 1. The molecule has 2 heterocycles. The Bertz CT molecular complexity index is 1280. The number of nitrogens with zero attached hydrogens (tertiary/aromatic N) is 2. The molecule has 2 N–H and O–H groups in total. The lowest BCUT2D eigenvalue weighted by atomic mass is 10.2. The van der Waals surface area contributed by atoms with E-state index in [1.54, 1.807) is 48.5 Å². The highest BCUT2D eigenvalue weighted by Gasteiger charge is 2.09. The molecule has 0 aliphatic rings. The Morgan fingerprint density at radius 1 is 1.00 bits per heavy atom. The number of hydrogen-bond acceptors (Lipinski definition) is 5. The van der Waals surface area contributed by atoms with E-state index in [1.807, 2.05) is 35.9 Å². The number of benzene rings is 2. The maximum Gasteiger partial charge on any atom is 0.255 e. The summed E-state index contributed by atoms with van der Waals surface area (Å²) < 4.78 is 12.6. The van der Waals surface area contributed by atoms with Crippen molar-refractivity contribution >= 4 is 28.8 Å². The lowest BCUT2D eigenvalue weighted by Gasteiger charge is -2.09. The minimum absolute atomic E-state index is 0.0399. The third kappa shape index (κ3) is 5.55. The standard InChI is InChI=1S/C25H24N4O4/c1-17-5-4-12-29-14-21(27-24(17)29)15-33-22-10-8-18(9-11-22)25(31)28-20-7-3-6-19(13-20)26-23(30)16-32-2/h3-14H,15-16H2,1-2H3,(H,26,30)(H,28,31). The van der Waals surface area contributed by atoms with Crippen molar-refractivity contribution in [1.29, 1.82) is 0 Å². The van der Waals surface area contributed by atoms with Crippen LogP contribution in [0.5, 0.6) is 5.75 Å². The minimum Gasteiger partial charge on any atom is -0.487 e. The number of imidazole rings is 1. The number of hydrogen-bond donors (Lipinski definition) is 2. The number of anilines is 2. The van der Waals surface area contributed by atoms with Crippen LogP contribution in [-0.4, -0.2) is 34.9 Å². The fraction of sp³-hybridized carbons (Fsp3) is 0.160. The number of carbonyl (C=O) groups is 2. The summed E-state index contributed by atoms with van der Waals surface area (Å²) in [7, 11) is 1.45. The van der Waals surface area contributed by atoms with Gasteiger partial charge in [-0.05, 0) is 61.0 Å². The first-order valence-electron chi connectivity index (χ1n) is 10.4. The molecule has 8 heteroatoms. The van der Waals surface area contributed by atoms with Gasteiger partial charge in [0, 0.05) is 36.4 Å². The van der Waals surface area contributed by atoms with Gasteiger partial charge in [0.1, 0.15) is 24.6 Å². The summed E-state index contributed by atoms with van der Waals surface area (Å²) in [5, 5.41) is 5.53. The van der Waals surface area contributed by atoms with Gasteiger partial charge in [0.05, 0.1) is 5.69 Å². The average molecular weight is 444 g/mol. The Morgan fingerprint density at radius 3 is 2.48 bits per heavy atom. The van der Waals surface area contributed by atoms with Gasteiger partial charge in [-0.25, -0.2) is 4.98 Å². The van der Waals surface area contributed by atoms with Crippen LogP contribution in [0.1, 0.15) is 21.6 Å². The summed E-state index contributed by atoms with van der Waals surface area (Å²) in [6.07, 6.45) is 3.89. The summed E-state index contributed by atoms with van der Waals surface area (Å²) in [5.74, 6) is 0.108. The second-order valence-corrected chi connectivity index (χ2v) is 7.48. The molecule has 33 heavy (non-hydrogen) atoms. The normalized spacial score (nSPS) is 10.7. The van der Waals surface area contributed by atoms with Crippen LogP contribution in [0.15, 0.2) is 73.1 Å². The molecule has 0 spiro atoms. The van der Waals surface area contributed by atoms with Gasteiger partial charge >= 0.3 is 0 Å². The molecular weight excluding hydrogens is 420 g/mol. The first-order chi connectivity index (χ1) is 16.0. The number of carbonyl (C=O) groups excluding carboxylic acids is 2. The van der Waals surface area contributed by atoms with Gasteiger partial charge in [-0.1, -0.05) is 12.1 Å². The Labute approximate surface area is 191 Å². The van der Waals surface area contributed by atoms with Gasteiger partial charge in [-0.3, -0.25) is 9.59 Å². The molecule has 168 valence electrons. The molecule has 2 amide bonds. The van der Waals surface area contributed by atoms with Crippen LogP contribution in [0.25, 0.3) is 5.65 Å². The fourth-order valence-electron chi connectivity index (χ4n) is 3.34. The van der Waals surface area contributed by atoms with Gasteiger partial charge in [0.2, 0.25) is 5.91 Å². The van der Waals surface area contributed by atoms with E-state index in [0.29, 0.717) is 29.3 Å². The number of rotatable bonds is 8. The number of amides is 2. The largest absolute Gasteiger partial charge is 0.487 e. The maximum absolute atomic E-state index is 12.6. The van der Waals surface area contributed by atoms with Gasteiger partial charge in [0.25, 0.3) is 5.91 Å². The Kier molecular flexibility index (Phi) is 6.66. The lowest BCUT2D eigenvalue weighted by molar-refractivity contribution is -0.119. The summed E-state index contributed by atoms with van der Waals surface area (Å²) in [4.78, 5) is 28.9. The summed E-state index contributed by atoms with van der Waals surface area (Å²) in [6.45, 7) is 2.31. The van der Waals surface area contributed by atoms with Crippen LogP contribution < -0.4 is 15.4 Å². The molecule has 8 nitrogen and oxygen atoms in total. The van der Waals surface area contributed by atoms with Crippen molar-refractivity contribution < 1.29 is 19.1 Å². The Balaban J connectivity index is 1.35. The van der Waals surface area contributed by atoms with Crippen LogP contribution in [0.3, 0.4) is 0 Å². The topological polar surface area (TPSA) is 94.0 Å². The number of methoxy groups -OCH3 is 1. The van der Waals surface area contributed by atoms with Crippen molar-refractivity contribution in [2.45, 2.75) is 13.5 Å². The third-order valence-electron chi connectivity index (χ3n) is 4.91. The molecule has 0 aliphatic heterocycles. The molecular formula is C25H24N4O4. The zero-order chi connectivity index (χ0) is 23.2. The highest BCUT2D eigenvalue weighted by molar-refractivity contribution is 6.04. The molecule has 2 aromatic carbocycles. The van der Waals surface area contributed by atoms with E-state index >= 15 is 0 Å². The van der Waals surface area contributed by atoms with Crippen molar-refractivity contribution in [3.05, 3.63) is 89.9 Å². The van der Waals surface area contributed by atoms with Crippen molar-refractivity contribution in [1.82, 2.24) is 9.38 Å². The number of pyridine rings is 1. The first kappa shape index (κ1) is 22.0. The molecule has 0 aliphatic carbocycles. The summed E-state index contributed by atoms with van der Waals surface area (Å²) >= 11 is 0. The van der Waals surface area contributed by atoms with Crippen molar-refractivity contribution in [2.75, 3.05) is 24.4 Å². The number of aryl methyl sites for hydroxylation is 1. The zero-order valence-corrected chi connectivity index (χ0v) is 18.4. The predicted octanol–water partition coefficient (Wildman–Crippen LogP) is 4.06. The zero-order valence-electron chi connectivity index (χ0n) is 18.4. The van der Waals surface area contributed by atoms with Crippen LogP contribution >= 0.6 is 0 Å². The fourth-order valence-corrected chi connectivity index (χ4v) is 3.34. The maximum atomic E-state index is 12.6. The van der Waals surface area contributed by atoms with E-state index in [2.05, 4.69) is 15.6 Å². The minimum atomic E-state index is -0.268. The molecule has 0 radical (unpaired) electrons. The van der Waals surface area contributed by atoms with Gasteiger partial charge in [-0.2, -0.15) is 0 Å². The lowest BCUT2D eigenvalue weighted by Crippen LogP contribution is -2.17. The SMILES string of the molecule is COCC(=O)Nc1cccc(NC(=O)c2ccc(OCc3cn4cccc(C)c4n3)cc2)c1. The molecule has 0 saturated heterocycles. The van der Waals surface area contributed by atoms with E-state index in [0.717, 1.165) is 16.9 Å². The first-order valence-corrected chi connectivity index (χ1v) is 10.4. The highest BCUT2D eigenvalue weighted by Crippen LogP contribution is 2.19. The highest BCUT2D eigenvalue weighted by atomic mass is 16.5. The quantitative estimate of drug-likeness (QED) is 0.428. The monoisotopic (exact) mass is 444 g/mol. The second-order valence-electron chi connectivity index (χ2n) is 7.48. The van der Waals surface area contributed by atoms with Crippen LogP contribution in [0.2, 0.25) is 0 Å². The average Bonchev–Trinajstić information content (AvgIpc) is 3.23. The van der Waals surface area contributed by atoms with E-state index in [9.17, 15) is 9.59 Å². The number of aromatic nitrogens is 2. The van der Waals surface area contributed by atoms with Crippen molar-refractivity contribution in [3.8, 4) is 5.75 Å². The number of nitrogens with one attached hydrogen (secondary N) is 2. The van der Waals surface area contributed by atoms with Crippen molar-refractivity contribution in [2.24, 2.45) is 0 Å². The smallest absolute Gasteiger partial charge is 0.255 e. The van der Waals surface area contributed by atoms with Gasteiger partial charge in [-0.15, -0.1) is 0 Å². The molecule has 0 saturated carbocycles. The van der Waals surface area contributed by atoms with Crippen LogP contribution in [0.4, 0.5) is 11.4 Å². The second kappa shape index (κ2) is 9.97. The van der Waals surface area contributed by atoms with Crippen LogP contribution in [-0.2, 0) is 16.1 Å². The third-order valence-corrected chi connectivity index (χ3v) is 4.91.